The fourth-order valence-electron chi connectivity index (χ4n) is 2.34. The lowest BCUT2D eigenvalue weighted by molar-refractivity contribution is -0.124. The van der Waals surface area contributed by atoms with Crippen LogP contribution in [0.15, 0.2) is 24.3 Å². The van der Waals surface area contributed by atoms with Crippen LogP contribution in [0.1, 0.15) is 23.2 Å². The molecule has 1 heterocycles. The molecule has 0 saturated carbocycles. The molecule has 6 heteroatoms. The molecular weight excluding hydrogens is 282 g/mol. The molecule has 1 saturated heterocycles. The van der Waals surface area contributed by atoms with Crippen molar-refractivity contribution in [3.8, 4) is 0 Å². The monoisotopic (exact) mass is 305 g/mol. The first-order valence-corrected chi connectivity index (χ1v) is 7.54. The molecule has 1 aromatic carbocycles. The third kappa shape index (κ3) is 4.29. The minimum absolute atomic E-state index is 0.0662. The van der Waals surface area contributed by atoms with Gasteiger partial charge in [0.1, 0.15) is 6.10 Å². The number of anilines is 1. The summed E-state index contributed by atoms with van der Waals surface area (Å²) >= 11 is 0. The van der Waals surface area contributed by atoms with Gasteiger partial charge in [0.05, 0.1) is 0 Å². The number of carbonyl (C=O) groups is 2. The van der Waals surface area contributed by atoms with E-state index < -0.39 is 0 Å². The van der Waals surface area contributed by atoms with Gasteiger partial charge in [-0.1, -0.05) is 6.07 Å². The fourth-order valence-corrected chi connectivity index (χ4v) is 2.34. The quantitative estimate of drug-likeness (QED) is 0.825. The number of hydrogen-bond donors (Lipinski definition) is 2. The fraction of sp³-hybridized carbons (Fsp3) is 0.500. The number of rotatable bonds is 6. The summed E-state index contributed by atoms with van der Waals surface area (Å²) < 4.78 is 5.35. The smallest absolute Gasteiger partial charge is 0.253 e. The third-order valence-corrected chi connectivity index (χ3v) is 3.64. The van der Waals surface area contributed by atoms with E-state index in [0.29, 0.717) is 24.4 Å². The second-order valence-corrected chi connectivity index (χ2v) is 5.40. The van der Waals surface area contributed by atoms with E-state index >= 15 is 0 Å². The molecular formula is C16H23N3O3. The van der Waals surface area contributed by atoms with Crippen molar-refractivity contribution in [3.63, 3.8) is 0 Å². The predicted molar refractivity (Wildman–Crippen MR) is 84.9 cm³/mol. The van der Waals surface area contributed by atoms with E-state index in [0.717, 1.165) is 19.4 Å². The lowest BCUT2D eigenvalue weighted by atomic mass is 10.1. The third-order valence-electron chi connectivity index (χ3n) is 3.64. The summed E-state index contributed by atoms with van der Waals surface area (Å²) in [6, 6.07) is 6.99. The minimum Gasteiger partial charge on any atom is -0.368 e. The first-order chi connectivity index (χ1) is 10.6. The number of ether oxygens (including phenoxy) is 1. The number of nitrogens with zero attached hydrogens (tertiary/aromatic N) is 1. The van der Waals surface area contributed by atoms with Gasteiger partial charge in [-0.25, -0.2) is 0 Å². The largest absolute Gasteiger partial charge is 0.368 e. The van der Waals surface area contributed by atoms with Crippen LogP contribution in [-0.2, 0) is 9.53 Å². The summed E-state index contributed by atoms with van der Waals surface area (Å²) in [5, 5.41) is 5.82. The molecule has 0 bridgehead atoms. The number of benzene rings is 1. The van der Waals surface area contributed by atoms with E-state index in [1.807, 2.05) is 7.05 Å². The van der Waals surface area contributed by atoms with E-state index in [2.05, 4.69) is 10.6 Å². The second kappa shape index (κ2) is 7.91. The maximum absolute atomic E-state index is 12.3. The van der Waals surface area contributed by atoms with Crippen molar-refractivity contribution in [2.45, 2.75) is 18.9 Å². The first-order valence-electron chi connectivity index (χ1n) is 7.54. The Bertz CT molecular complexity index is 527. The van der Waals surface area contributed by atoms with Crippen LogP contribution >= 0.6 is 0 Å². The molecule has 1 fully saturated rings. The highest BCUT2D eigenvalue weighted by molar-refractivity contribution is 5.98. The van der Waals surface area contributed by atoms with Gasteiger partial charge >= 0.3 is 0 Å². The summed E-state index contributed by atoms with van der Waals surface area (Å²) in [7, 11) is 3.61. The Morgan fingerprint density at radius 2 is 2.23 bits per heavy atom. The highest BCUT2D eigenvalue weighted by atomic mass is 16.5. The Hall–Kier alpha value is -1.92. The van der Waals surface area contributed by atoms with Gasteiger partial charge in [0.2, 0.25) is 0 Å². The zero-order chi connectivity index (χ0) is 15.9. The van der Waals surface area contributed by atoms with Crippen molar-refractivity contribution in [2.24, 2.45) is 0 Å². The maximum Gasteiger partial charge on any atom is 0.253 e. The SMILES string of the molecule is CNCCN(C)C(=O)c1cccc(NC(=O)C2CCCO2)c1. The van der Waals surface area contributed by atoms with Crippen LogP contribution in [0.25, 0.3) is 0 Å². The number of amides is 2. The number of hydrogen-bond acceptors (Lipinski definition) is 4. The lowest BCUT2D eigenvalue weighted by Gasteiger charge is -2.17. The predicted octanol–water partition coefficient (Wildman–Crippen LogP) is 1.10. The van der Waals surface area contributed by atoms with Crippen LogP contribution < -0.4 is 10.6 Å². The standard InChI is InChI=1S/C16H23N3O3/c1-17-8-9-19(2)16(21)12-5-3-6-13(11-12)18-15(20)14-7-4-10-22-14/h3,5-6,11,14,17H,4,7-10H2,1-2H3,(H,18,20). The molecule has 0 radical (unpaired) electrons. The summed E-state index contributed by atoms with van der Waals surface area (Å²) in [5.41, 5.74) is 1.18. The molecule has 1 atom stereocenters. The van der Waals surface area contributed by atoms with Gasteiger partial charge in [0.15, 0.2) is 0 Å². The average Bonchev–Trinajstić information content (AvgIpc) is 3.06. The van der Waals surface area contributed by atoms with Crippen molar-refractivity contribution in [1.29, 1.82) is 0 Å². The Labute approximate surface area is 130 Å². The zero-order valence-electron chi connectivity index (χ0n) is 13.1. The number of carbonyl (C=O) groups excluding carboxylic acids is 2. The molecule has 0 spiro atoms. The second-order valence-electron chi connectivity index (χ2n) is 5.40. The zero-order valence-corrected chi connectivity index (χ0v) is 13.1. The van der Waals surface area contributed by atoms with Gasteiger partial charge in [-0.05, 0) is 38.1 Å². The molecule has 2 N–H and O–H groups in total. The van der Waals surface area contributed by atoms with Crippen LogP contribution in [0.5, 0.6) is 0 Å². The van der Waals surface area contributed by atoms with Gasteiger partial charge in [0.25, 0.3) is 11.8 Å². The van der Waals surface area contributed by atoms with Crippen molar-refractivity contribution in [2.75, 3.05) is 39.1 Å². The summed E-state index contributed by atoms with van der Waals surface area (Å²) in [4.78, 5) is 26.0. The molecule has 22 heavy (non-hydrogen) atoms. The molecule has 120 valence electrons. The van der Waals surface area contributed by atoms with Crippen molar-refractivity contribution in [3.05, 3.63) is 29.8 Å². The summed E-state index contributed by atoms with van der Waals surface area (Å²) in [6.07, 6.45) is 1.28. The maximum atomic E-state index is 12.3. The average molecular weight is 305 g/mol. The van der Waals surface area contributed by atoms with Crippen LogP contribution in [-0.4, -0.2) is 56.6 Å². The molecule has 1 unspecified atom stereocenters. The van der Waals surface area contributed by atoms with E-state index in [4.69, 9.17) is 4.74 Å². The lowest BCUT2D eigenvalue weighted by Crippen LogP contribution is -2.33. The van der Waals surface area contributed by atoms with Gasteiger partial charge in [-0.2, -0.15) is 0 Å². The molecule has 1 aliphatic heterocycles. The Balaban J connectivity index is 1.99. The molecule has 0 aromatic heterocycles. The Morgan fingerprint density at radius 1 is 1.41 bits per heavy atom. The van der Waals surface area contributed by atoms with Gasteiger partial charge in [-0.3, -0.25) is 9.59 Å². The van der Waals surface area contributed by atoms with Crippen LogP contribution in [0.2, 0.25) is 0 Å². The number of likely N-dealkylation sites (N-methyl/N-ethyl adjacent to an activating group) is 2. The highest BCUT2D eigenvalue weighted by Crippen LogP contribution is 2.16. The van der Waals surface area contributed by atoms with Gasteiger partial charge < -0.3 is 20.3 Å². The van der Waals surface area contributed by atoms with Gasteiger partial charge in [-0.15, -0.1) is 0 Å². The van der Waals surface area contributed by atoms with Crippen molar-refractivity contribution in [1.82, 2.24) is 10.2 Å². The molecule has 0 aliphatic carbocycles. The molecule has 2 amide bonds. The van der Waals surface area contributed by atoms with Crippen molar-refractivity contribution < 1.29 is 14.3 Å². The van der Waals surface area contributed by atoms with E-state index in [-0.39, 0.29) is 17.9 Å². The molecule has 6 nitrogen and oxygen atoms in total. The van der Waals surface area contributed by atoms with Crippen LogP contribution in [0.3, 0.4) is 0 Å². The normalized spacial score (nSPS) is 17.3. The molecule has 2 rings (SSSR count). The highest BCUT2D eigenvalue weighted by Gasteiger charge is 2.23. The van der Waals surface area contributed by atoms with Crippen molar-refractivity contribution >= 4 is 17.5 Å². The summed E-state index contributed by atoms with van der Waals surface area (Å²) in [5.74, 6) is -0.214. The molecule has 1 aliphatic rings. The minimum atomic E-state index is -0.377. The van der Waals surface area contributed by atoms with Crippen LogP contribution in [0, 0.1) is 0 Å². The molecule has 1 aromatic rings. The Morgan fingerprint density at radius 3 is 2.91 bits per heavy atom. The van der Waals surface area contributed by atoms with Crippen LogP contribution in [0.4, 0.5) is 5.69 Å². The topological polar surface area (TPSA) is 70.7 Å². The first kappa shape index (κ1) is 16.5. The van der Waals surface area contributed by atoms with E-state index in [1.54, 1.807) is 36.2 Å². The van der Waals surface area contributed by atoms with E-state index in [1.165, 1.54) is 0 Å². The number of nitrogens with one attached hydrogen (secondary N) is 2. The van der Waals surface area contributed by atoms with Gasteiger partial charge in [0, 0.05) is 38.0 Å². The van der Waals surface area contributed by atoms with E-state index in [9.17, 15) is 9.59 Å². The Kier molecular flexibility index (Phi) is 5.91. The summed E-state index contributed by atoms with van der Waals surface area (Å²) in [6.45, 7) is 1.99.